The highest BCUT2D eigenvalue weighted by Gasteiger charge is 2.29. The van der Waals surface area contributed by atoms with E-state index in [1.807, 2.05) is 0 Å². The van der Waals surface area contributed by atoms with Crippen LogP contribution in [-0.2, 0) is 9.47 Å². The Balaban J connectivity index is 2.18. The first-order valence-corrected chi connectivity index (χ1v) is 9.03. The molecule has 2 N–H and O–H groups in total. The van der Waals surface area contributed by atoms with E-state index in [2.05, 4.69) is 41.3 Å². The third-order valence-corrected chi connectivity index (χ3v) is 3.83. The van der Waals surface area contributed by atoms with Crippen LogP contribution in [0.4, 0.5) is 0 Å². The van der Waals surface area contributed by atoms with Gasteiger partial charge in [0.25, 0.3) is 0 Å². The van der Waals surface area contributed by atoms with Crippen molar-refractivity contribution in [3.05, 3.63) is 0 Å². The molecule has 0 aliphatic heterocycles. The van der Waals surface area contributed by atoms with Gasteiger partial charge in [-0.15, -0.1) is 0 Å². The Morgan fingerprint density at radius 3 is 2.61 bits per heavy atom. The van der Waals surface area contributed by atoms with Crippen LogP contribution in [-0.4, -0.2) is 76.1 Å². The molecule has 0 saturated heterocycles. The monoisotopic (exact) mass is 328 g/mol. The second-order valence-electron chi connectivity index (χ2n) is 6.21. The third kappa shape index (κ3) is 9.79. The lowest BCUT2D eigenvalue weighted by molar-refractivity contribution is 0.0702. The van der Waals surface area contributed by atoms with Crippen LogP contribution in [0.15, 0.2) is 4.99 Å². The first-order chi connectivity index (χ1) is 11.2. The van der Waals surface area contributed by atoms with Crippen LogP contribution < -0.4 is 10.6 Å². The molecule has 0 amide bonds. The predicted octanol–water partition coefficient (Wildman–Crippen LogP) is 1.47. The van der Waals surface area contributed by atoms with Crippen LogP contribution in [0.25, 0.3) is 0 Å². The van der Waals surface area contributed by atoms with E-state index in [4.69, 9.17) is 9.47 Å². The minimum atomic E-state index is 0.619. The van der Waals surface area contributed by atoms with Gasteiger partial charge in [0.05, 0.1) is 13.2 Å². The Hall–Kier alpha value is -0.850. The van der Waals surface area contributed by atoms with E-state index in [0.717, 1.165) is 51.2 Å². The summed E-state index contributed by atoms with van der Waals surface area (Å²) in [6.45, 7) is 12.4. The van der Waals surface area contributed by atoms with Gasteiger partial charge >= 0.3 is 0 Å². The second kappa shape index (κ2) is 12.6. The molecule has 0 atom stereocenters. The molecular formula is C17H36N4O2. The number of ether oxygens (including phenoxy) is 2. The zero-order valence-corrected chi connectivity index (χ0v) is 15.4. The van der Waals surface area contributed by atoms with Crippen molar-refractivity contribution >= 4 is 5.96 Å². The highest BCUT2D eigenvalue weighted by Crippen LogP contribution is 2.27. The fourth-order valence-corrected chi connectivity index (χ4v) is 2.52. The summed E-state index contributed by atoms with van der Waals surface area (Å²) < 4.78 is 10.4. The molecule has 0 aromatic carbocycles. The van der Waals surface area contributed by atoms with Crippen LogP contribution in [0.1, 0.15) is 40.0 Å². The number of nitrogens with one attached hydrogen (secondary N) is 2. The van der Waals surface area contributed by atoms with Crippen molar-refractivity contribution < 1.29 is 9.47 Å². The standard InChI is InChI=1S/C17H36N4O2/c1-5-18-17(19-9-6-12-23-14-13-22-4)20-10-11-21(15(2)3)16-7-8-16/h15-16H,5-14H2,1-4H3,(H2,18,19,20). The second-order valence-corrected chi connectivity index (χ2v) is 6.21. The fraction of sp³-hybridized carbons (Fsp3) is 0.941. The maximum atomic E-state index is 5.45. The summed E-state index contributed by atoms with van der Waals surface area (Å²) in [5.41, 5.74) is 0. The van der Waals surface area contributed by atoms with Gasteiger partial charge < -0.3 is 20.1 Å². The van der Waals surface area contributed by atoms with Gasteiger partial charge in [0.1, 0.15) is 0 Å². The summed E-state index contributed by atoms with van der Waals surface area (Å²) in [5, 5.41) is 6.74. The summed E-state index contributed by atoms with van der Waals surface area (Å²) in [7, 11) is 1.69. The Morgan fingerprint density at radius 1 is 1.22 bits per heavy atom. The molecule has 1 aliphatic rings. The summed E-state index contributed by atoms with van der Waals surface area (Å²) in [4.78, 5) is 7.18. The average Bonchev–Trinajstić information content (AvgIpc) is 3.34. The lowest BCUT2D eigenvalue weighted by Crippen LogP contribution is -2.44. The number of aliphatic imine (C=N–C) groups is 1. The molecule has 1 fully saturated rings. The Bertz CT molecular complexity index is 318. The summed E-state index contributed by atoms with van der Waals surface area (Å²) in [6.07, 6.45) is 3.64. The molecule has 0 heterocycles. The quantitative estimate of drug-likeness (QED) is 0.305. The minimum absolute atomic E-state index is 0.619. The Labute approximate surface area is 142 Å². The van der Waals surface area contributed by atoms with E-state index in [-0.39, 0.29) is 0 Å². The minimum Gasteiger partial charge on any atom is -0.382 e. The molecule has 6 nitrogen and oxygen atoms in total. The number of rotatable bonds is 13. The largest absolute Gasteiger partial charge is 0.382 e. The topological polar surface area (TPSA) is 58.1 Å². The molecule has 136 valence electrons. The number of hydrogen-bond acceptors (Lipinski definition) is 4. The highest BCUT2D eigenvalue weighted by atomic mass is 16.5. The molecule has 23 heavy (non-hydrogen) atoms. The molecule has 6 heteroatoms. The lowest BCUT2D eigenvalue weighted by Gasteiger charge is -2.26. The summed E-state index contributed by atoms with van der Waals surface area (Å²) in [5.74, 6) is 0.906. The maximum Gasteiger partial charge on any atom is 0.191 e. The first-order valence-electron chi connectivity index (χ1n) is 9.03. The van der Waals surface area contributed by atoms with Crippen molar-refractivity contribution in [1.82, 2.24) is 15.5 Å². The molecule has 0 bridgehead atoms. The maximum absolute atomic E-state index is 5.45. The van der Waals surface area contributed by atoms with Gasteiger partial charge in [-0.1, -0.05) is 0 Å². The zero-order chi connectivity index (χ0) is 16.9. The molecule has 0 aromatic heterocycles. The molecule has 1 rings (SSSR count). The van der Waals surface area contributed by atoms with Gasteiger partial charge in [0, 0.05) is 52.0 Å². The average molecular weight is 329 g/mol. The van der Waals surface area contributed by atoms with Gasteiger partial charge in [-0.25, -0.2) is 0 Å². The van der Waals surface area contributed by atoms with Crippen LogP contribution in [0.5, 0.6) is 0 Å². The molecule has 0 unspecified atom stereocenters. The highest BCUT2D eigenvalue weighted by molar-refractivity contribution is 5.79. The van der Waals surface area contributed by atoms with Crippen molar-refractivity contribution in [3.63, 3.8) is 0 Å². The smallest absolute Gasteiger partial charge is 0.191 e. The lowest BCUT2D eigenvalue weighted by atomic mass is 10.3. The zero-order valence-electron chi connectivity index (χ0n) is 15.4. The molecule has 0 spiro atoms. The summed E-state index contributed by atoms with van der Waals surface area (Å²) in [6, 6.07) is 1.42. The van der Waals surface area contributed by atoms with Gasteiger partial charge in [-0.3, -0.25) is 9.89 Å². The van der Waals surface area contributed by atoms with Crippen LogP contribution in [0.2, 0.25) is 0 Å². The molecular weight excluding hydrogens is 292 g/mol. The molecule has 0 aromatic rings. The van der Waals surface area contributed by atoms with Gasteiger partial charge in [-0.05, 0) is 40.0 Å². The van der Waals surface area contributed by atoms with Crippen molar-refractivity contribution in [1.29, 1.82) is 0 Å². The van der Waals surface area contributed by atoms with Crippen molar-refractivity contribution in [2.75, 3.05) is 53.1 Å². The number of nitrogens with zero attached hydrogens (tertiary/aromatic N) is 2. The Morgan fingerprint density at radius 2 is 2.00 bits per heavy atom. The fourth-order valence-electron chi connectivity index (χ4n) is 2.52. The van der Waals surface area contributed by atoms with Crippen LogP contribution in [0.3, 0.4) is 0 Å². The Kier molecular flexibility index (Phi) is 11.0. The van der Waals surface area contributed by atoms with Crippen LogP contribution >= 0.6 is 0 Å². The van der Waals surface area contributed by atoms with Gasteiger partial charge in [0.2, 0.25) is 0 Å². The van der Waals surface area contributed by atoms with E-state index in [1.165, 1.54) is 12.8 Å². The first kappa shape index (κ1) is 20.2. The molecule has 1 aliphatic carbocycles. The van der Waals surface area contributed by atoms with E-state index in [0.29, 0.717) is 19.3 Å². The number of guanidine groups is 1. The third-order valence-electron chi connectivity index (χ3n) is 3.83. The van der Waals surface area contributed by atoms with Gasteiger partial charge in [-0.2, -0.15) is 0 Å². The summed E-state index contributed by atoms with van der Waals surface area (Å²) >= 11 is 0. The van der Waals surface area contributed by atoms with Crippen molar-refractivity contribution in [2.24, 2.45) is 4.99 Å². The van der Waals surface area contributed by atoms with Crippen molar-refractivity contribution in [2.45, 2.75) is 52.1 Å². The van der Waals surface area contributed by atoms with Gasteiger partial charge in [0.15, 0.2) is 5.96 Å². The molecule has 1 saturated carbocycles. The van der Waals surface area contributed by atoms with Crippen molar-refractivity contribution in [3.8, 4) is 0 Å². The molecule has 0 radical (unpaired) electrons. The predicted molar refractivity (Wildman–Crippen MR) is 96.2 cm³/mol. The SMILES string of the molecule is CCNC(=NCCCOCCOC)NCCN(C(C)C)C1CC1. The normalized spacial score (nSPS) is 15.5. The van der Waals surface area contributed by atoms with E-state index in [1.54, 1.807) is 7.11 Å². The van der Waals surface area contributed by atoms with Crippen LogP contribution in [0, 0.1) is 0 Å². The number of hydrogen-bond donors (Lipinski definition) is 2. The van der Waals surface area contributed by atoms with E-state index in [9.17, 15) is 0 Å². The van der Waals surface area contributed by atoms with E-state index >= 15 is 0 Å². The van der Waals surface area contributed by atoms with E-state index < -0.39 is 0 Å². The number of methoxy groups -OCH3 is 1.